The number of hydrogen-bond acceptors (Lipinski definition) is 3. The van der Waals surface area contributed by atoms with Gasteiger partial charge in [-0.25, -0.2) is 0 Å². The second-order valence-electron chi connectivity index (χ2n) is 4.34. The predicted octanol–water partition coefficient (Wildman–Crippen LogP) is 4.19. The molecular formula is C14H17BrOS2. The van der Waals surface area contributed by atoms with E-state index >= 15 is 0 Å². The van der Waals surface area contributed by atoms with Crippen molar-refractivity contribution in [3.05, 3.63) is 34.3 Å². The number of rotatable bonds is 4. The van der Waals surface area contributed by atoms with Crippen LogP contribution in [0.5, 0.6) is 0 Å². The maximum Gasteiger partial charge on any atom is 0.151 e. The number of benzene rings is 1. The summed E-state index contributed by atoms with van der Waals surface area (Å²) >= 11 is 7.32. The topological polar surface area (TPSA) is 17.1 Å². The molecule has 18 heavy (non-hydrogen) atoms. The van der Waals surface area contributed by atoms with Crippen molar-refractivity contribution in [3.63, 3.8) is 0 Å². The fraction of sp³-hybridized carbons (Fsp3) is 0.500. The molecule has 2 unspecified atom stereocenters. The summed E-state index contributed by atoms with van der Waals surface area (Å²) in [5.74, 6) is 2.67. The van der Waals surface area contributed by atoms with Crippen LogP contribution >= 0.6 is 39.5 Å². The third-order valence-electron chi connectivity index (χ3n) is 3.09. The molecule has 0 spiro atoms. The lowest BCUT2D eigenvalue weighted by molar-refractivity contribution is -0.117. The summed E-state index contributed by atoms with van der Waals surface area (Å²) in [5.41, 5.74) is 1.11. The van der Waals surface area contributed by atoms with Crippen molar-refractivity contribution < 1.29 is 4.79 Å². The van der Waals surface area contributed by atoms with Gasteiger partial charge in [0.15, 0.2) is 5.78 Å². The minimum absolute atomic E-state index is 0.181. The van der Waals surface area contributed by atoms with Gasteiger partial charge in [-0.1, -0.05) is 41.1 Å². The highest BCUT2D eigenvalue weighted by Crippen LogP contribution is 2.34. The molecule has 2 rings (SSSR count). The summed E-state index contributed by atoms with van der Waals surface area (Å²) < 4.78 is 1.04. The Bertz CT molecular complexity index is 422. The summed E-state index contributed by atoms with van der Waals surface area (Å²) in [6, 6.07) is 8.01. The smallest absolute Gasteiger partial charge is 0.151 e. The minimum Gasteiger partial charge on any atom is -0.298 e. The molecule has 1 aliphatic heterocycles. The van der Waals surface area contributed by atoms with E-state index in [-0.39, 0.29) is 5.25 Å². The quantitative estimate of drug-likeness (QED) is 0.815. The molecule has 1 nitrogen and oxygen atoms in total. The van der Waals surface area contributed by atoms with Crippen molar-refractivity contribution in [1.82, 2.24) is 0 Å². The van der Waals surface area contributed by atoms with Crippen LogP contribution in [0.25, 0.3) is 0 Å². The number of thioether (sulfide) groups is 2. The van der Waals surface area contributed by atoms with Crippen LogP contribution in [-0.2, 0) is 11.2 Å². The molecule has 0 aromatic heterocycles. The molecule has 1 aromatic rings. The first kappa shape index (κ1) is 14.5. The average Bonchev–Trinajstić information content (AvgIpc) is 2.41. The van der Waals surface area contributed by atoms with Gasteiger partial charge in [-0.15, -0.1) is 11.8 Å². The van der Waals surface area contributed by atoms with Crippen LogP contribution in [0.15, 0.2) is 28.7 Å². The summed E-state index contributed by atoms with van der Waals surface area (Å²) in [4.78, 5) is 12.4. The van der Waals surface area contributed by atoms with Gasteiger partial charge in [-0.05, 0) is 18.1 Å². The van der Waals surface area contributed by atoms with Crippen molar-refractivity contribution in [2.24, 2.45) is 0 Å². The van der Waals surface area contributed by atoms with Crippen LogP contribution in [0.4, 0.5) is 0 Å². The third-order valence-corrected chi connectivity index (χ3v) is 7.16. The first-order valence-electron chi connectivity index (χ1n) is 6.21. The monoisotopic (exact) mass is 344 g/mol. The molecule has 1 saturated heterocycles. The molecule has 0 aliphatic carbocycles. The Labute approximate surface area is 126 Å². The number of carbonyl (C=O) groups is 1. The number of hydrogen-bond donors (Lipinski definition) is 0. The van der Waals surface area contributed by atoms with Gasteiger partial charge in [0.2, 0.25) is 0 Å². The van der Waals surface area contributed by atoms with Gasteiger partial charge in [0.05, 0.1) is 5.25 Å². The highest BCUT2D eigenvalue weighted by atomic mass is 79.9. The largest absolute Gasteiger partial charge is 0.298 e. The number of ketones is 1. The maximum atomic E-state index is 12.4. The summed E-state index contributed by atoms with van der Waals surface area (Å²) in [5, 5.41) is 0.680. The van der Waals surface area contributed by atoms with Gasteiger partial charge in [-0.3, -0.25) is 4.79 Å². The predicted molar refractivity (Wildman–Crippen MR) is 85.6 cm³/mol. The van der Waals surface area contributed by atoms with Gasteiger partial charge < -0.3 is 0 Å². The Morgan fingerprint density at radius 2 is 2.06 bits per heavy atom. The zero-order valence-electron chi connectivity index (χ0n) is 10.4. The summed E-state index contributed by atoms with van der Waals surface area (Å²) in [6.45, 7) is 2.18. The third kappa shape index (κ3) is 3.55. The molecule has 1 heterocycles. The number of carbonyl (C=O) groups excluding carboxylic acids is 1. The summed E-state index contributed by atoms with van der Waals surface area (Å²) in [6.07, 6.45) is 1.64. The zero-order valence-corrected chi connectivity index (χ0v) is 13.6. The van der Waals surface area contributed by atoms with Crippen LogP contribution in [-0.4, -0.2) is 27.8 Å². The Hall–Kier alpha value is 0.0700. The minimum atomic E-state index is 0.181. The van der Waals surface area contributed by atoms with E-state index in [4.69, 9.17) is 0 Å². The highest BCUT2D eigenvalue weighted by Gasteiger charge is 2.30. The van der Waals surface area contributed by atoms with E-state index in [1.165, 1.54) is 5.75 Å². The van der Waals surface area contributed by atoms with Gasteiger partial charge in [0.1, 0.15) is 0 Å². The van der Waals surface area contributed by atoms with Crippen LogP contribution < -0.4 is 0 Å². The SMILES string of the molecule is CCC1SCCSC1C(=O)Cc1ccccc1Br. The second-order valence-corrected chi connectivity index (χ2v) is 7.79. The molecule has 0 N–H and O–H groups in total. The van der Waals surface area contributed by atoms with Crippen LogP contribution in [0.3, 0.4) is 0 Å². The molecule has 0 bridgehead atoms. The van der Waals surface area contributed by atoms with E-state index in [2.05, 4.69) is 22.9 Å². The first-order chi connectivity index (χ1) is 8.72. The Balaban J connectivity index is 2.05. The first-order valence-corrected chi connectivity index (χ1v) is 9.10. The van der Waals surface area contributed by atoms with Crippen LogP contribution in [0, 0.1) is 0 Å². The Kier molecular flexibility index (Phi) is 5.64. The van der Waals surface area contributed by atoms with Crippen molar-refractivity contribution in [1.29, 1.82) is 0 Å². The fourth-order valence-corrected chi connectivity index (χ4v) is 5.59. The molecule has 1 aromatic carbocycles. The van der Waals surface area contributed by atoms with Crippen molar-refractivity contribution >= 4 is 45.2 Å². The van der Waals surface area contributed by atoms with E-state index in [9.17, 15) is 4.79 Å². The zero-order chi connectivity index (χ0) is 13.0. The molecule has 4 heteroatoms. The van der Waals surface area contributed by atoms with E-state index in [0.717, 1.165) is 22.2 Å². The van der Waals surface area contributed by atoms with Crippen molar-refractivity contribution in [2.45, 2.75) is 30.3 Å². The Morgan fingerprint density at radius 1 is 1.33 bits per heavy atom. The van der Waals surface area contributed by atoms with Crippen LogP contribution in [0.2, 0.25) is 0 Å². The van der Waals surface area contributed by atoms with Crippen molar-refractivity contribution in [2.75, 3.05) is 11.5 Å². The molecule has 98 valence electrons. The second kappa shape index (κ2) is 7.01. The molecule has 2 atom stereocenters. The Morgan fingerprint density at radius 3 is 2.78 bits per heavy atom. The van der Waals surface area contributed by atoms with E-state index in [1.54, 1.807) is 0 Å². The molecule has 0 amide bonds. The van der Waals surface area contributed by atoms with Gasteiger partial charge in [0.25, 0.3) is 0 Å². The molecule has 1 fully saturated rings. The van der Waals surface area contributed by atoms with Crippen molar-refractivity contribution in [3.8, 4) is 0 Å². The lowest BCUT2D eigenvalue weighted by Crippen LogP contribution is -2.33. The lowest BCUT2D eigenvalue weighted by Gasteiger charge is -2.28. The van der Waals surface area contributed by atoms with E-state index in [1.807, 2.05) is 47.8 Å². The molecule has 0 radical (unpaired) electrons. The average molecular weight is 345 g/mol. The number of Topliss-reactive ketones (excluding diaryl/α,β-unsaturated/α-hetero) is 1. The van der Waals surface area contributed by atoms with E-state index in [0.29, 0.717) is 17.5 Å². The highest BCUT2D eigenvalue weighted by molar-refractivity contribution is 9.10. The van der Waals surface area contributed by atoms with Gasteiger partial charge in [-0.2, -0.15) is 11.8 Å². The normalized spacial score (nSPS) is 23.9. The molecule has 0 saturated carbocycles. The van der Waals surface area contributed by atoms with E-state index < -0.39 is 0 Å². The molecular weight excluding hydrogens is 328 g/mol. The fourth-order valence-electron chi connectivity index (χ4n) is 2.13. The number of halogens is 1. The van der Waals surface area contributed by atoms with Gasteiger partial charge >= 0.3 is 0 Å². The lowest BCUT2D eigenvalue weighted by atomic mass is 10.0. The standard InChI is InChI=1S/C14H17BrOS2/c1-2-13-14(18-8-7-17-13)12(16)9-10-5-3-4-6-11(10)15/h3-6,13-14H,2,7-9H2,1H3. The van der Waals surface area contributed by atoms with Gasteiger partial charge in [0, 0.05) is 27.6 Å². The summed E-state index contributed by atoms with van der Waals surface area (Å²) in [7, 11) is 0. The van der Waals surface area contributed by atoms with Crippen LogP contribution in [0.1, 0.15) is 18.9 Å². The molecule has 1 aliphatic rings. The maximum absolute atomic E-state index is 12.4.